The highest BCUT2D eigenvalue weighted by molar-refractivity contribution is 5.38. The van der Waals surface area contributed by atoms with Crippen molar-refractivity contribution in [2.24, 2.45) is 0 Å². The summed E-state index contributed by atoms with van der Waals surface area (Å²) in [7, 11) is 1.60. The number of rotatable bonds is 5. The first-order chi connectivity index (χ1) is 8.39. The maximum atomic E-state index is 10.2. The zero-order valence-electron chi connectivity index (χ0n) is 11.4. The van der Waals surface area contributed by atoms with E-state index < -0.39 is 11.6 Å². The molecule has 1 aromatic rings. The van der Waals surface area contributed by atoms with Gasteiger partial charge in [-0.15, -0.1) is 6.42 Å². The summed E-state index contributed by atoms with van der Waals surface area (Å²) in [5.41, 5.74) is 1.43. The monoisotopic (exact) mass is 247 g/mol. The summed E-state index contributed by atoms with van der Waals surface area (Å²) in [6.07, 6.45) is 4.75. The zero-order chi connectivity index (χ0) is 13.8. The Morgan fingerprint density at radius 3 is 2.72 bits per heavy atom. The molecule has 1 aromatic carbocycles. The maximum absolute atomic E-state index is 10.2. The molecule has 3 nitrogen and oxygen atoms in total. The van der Waals surface area contributed by atoms with E-state index in [0.29, 0.717) is 12.3 Å². The van der Waals surface area contributed by atoms with Crippen LogP contribution in [-0.2, 0) is 0 Å². The molecule has 1 atom stereocenters. The molecule has 0 saturated heterocycles. The molecule has 0 bridgehead atoms. The van der Waals surface area contributed by atoms with E-state index in [4.69, 9.17) is 11.2 Å². The second kappa shape index (κ2) is 5.90. The Labute approximate surface area is 109 Å². The molecule has 1 unspecified atom stereocenters. The molecule has 0 spiro atoms. The Balaban J connectivity index is 2.81. The van der Waals surface area contributed by atoms with Crippen LogP contribution in [-0.4, -0.2) is 24.3 Å². The van der Waals surface area contributed by atoms with Crippen molar-refractivity contribution < 1.29 is 9.84 Å². The Hall–Kier alpha value is -1.50. The van der Waals surface area contributed by atoms with E-state index in [9.17, 15) is 5.11 Å². The van der Waals surface area contributed by atoms with Gasteiger partial charge in [0.05, 0.1) is 18.8 Å². The lowest BCUT2D eigenvalue weighted by molar-refractivity contribution is 0.163. The summed E-state index contributed by atoms with van der Waals surface area (Å²) in [5, 5.41) is 13.3. The summed E-state index contributed by atoms with van der Waals surface area (Å²) < 4.78 is 5.25. The number of aryl methyl sites for hydroxylation is 1. The van der Waals surface area contributed by atoms with Gasteiger partial charge in [0.2, 0.25) is 0 Å². The van der Waals surface area contributed by atoms with Crippen molar-refractivity contribution in [2.75, 3.05) is 13.7 Å². The number of benzene rings is 1. The van der Waals surface area contributed by atoms with Gasteiger partial charge < -0.3 is 9.84 Å². The van der Waals surface area contributed by atoms with Crippen molar-refractivity contribution in [3.05, 3.63) is 29.3 Å². The summed E-state index contributed by atoms with van der Waals surface area (Å²) in [6.45, 7) is 6.16. The molecule has 2 N–H and O–H groups in total. The quantitative estimate of drug-likeness (QED) is 0.782. The van der Waals surface area contributed by atoms with E-state index in [1.807, 2.05) is 39.0 Å². The van der Waals surface area contributed by atoms with Crippen molar-refractivity contribution in [2.45, 2.75) is 32.4 Å². The summed E-state index contributed by atoms with van der Waals surface area (Å²) >= 11 is 0. The predicted octanol–water partition coefficient (Wildman–Crippen LogP) is 2.04. The van der Waals surface area contributed by atoms with E-state index in [1.165, 1.54) is 0 Å². The second-order valence-corrected chi connectivity index (χ2v) is 4.91. The molecule has 0 aliphatic carbocycles. The fourth-order valence-corrected chi connectivity index (χ4v) is 1.63. The molecule has 0 fully saturated rings. The topological polar surface area (TPSA) is 41.5 Å². The van der Waals surface area contributed by atoms with Crippen LogP contribution in [0.25, 0.3) is 0 Å². The number of hydrogen-bond acceptors (Lipinski definition) is 3. The van der Waals surface area contributed by atoms with Gasteiger partial charge >= 0.3 is 0 Å². The maximum Gasteiger partial charge on any atom is 0.124 e. The first-order valence-electron chi connectivity index (χ1n) is 5.95. The summed E-state index contributed by atoms with van der Waals surface area (Å²) in [4.78, 5) is 0. The fraction of sp³-hybridized carbons (Fsp3) is 0.467. The number of methoxy groups -OCH3 is 1. The highest BCUT2D eigenvalue weighted by Crippen LogP contribution is 2.26. The number of nitrogens with one attached hydrogen (secondary N) is 1. The highest BCUT2D eigenvalue weighted by Gasteiger charge is 2.18. The van der Waals surface area contributed by atoms with Crippen LogP contribution in [0.1, 0.15) is 31.1 Å². The van der Waals surface area contributed by atoms with E-state index in [1.54, 1.807) is 7.11 Å². The lowest BCUT2D eigenvalue weighted by Crippen LogP contribution is -2.40. The number of β-amino-alcohol motifs (C(OH)–C–C–N with tert-alkyl or cyclic N) is 1. The van der Waals surface area contributed by atoms with Crippen LogP contribution in [0, 0.1) is 19.3 Å². The van der Waals surface area contributed by atoms with Crippen LogP contribution in [0.15, 0.2) is 18.2 Å². The molecule has 18 heavy (non-hydrogen) atoms. The lowest BCUT2D eigenvalue weighted by Gasteiger charge is -2.23. The normalized spacial score (nSPS) is 12.9. The molecule has 0 aliphatic heterocycles. The molecule has 1 rings (SSSR count). The van der Waals surface area contributed by atoms with Gasteiger partial charge in [0, 0.05) is 12.1 Å². The third-order valence-corrected chi connectivity index (χ3v) is 2.84. The Morgan fingerprint density at radius 1 is 1.50 bits per heavy atom. The molecule has 98 valence electrons. The standard InChI is InChI=1S/C15H21NO2/c1-6-15(3,4)16-10-13(17)12-9-11(2)7-8-14(12)18-5/h1,7-9,13,16-17H,10H2,2-5H3. The van der Waals surface area contributed by atoms with Gasteiger partial charge in [-0.2, -0.15) is 0 Å². The molecule has 0 heterocycles. The van der Waals surface area contributed by atoms with Gasteiger partial charge in [0.25, 0.3) is 0 Å². The Bertz CT molecular complexity index is 446. The van der Waals surface area contributed by atoms with E-state index in [2.05, 4.69) is 11.2 Å². The Morgan fingerprint density at radius 2 is 2.17 bits per heavy atom. The van der Waals surface area contributed by atoms with Crippen LogP contribution in [0.2, 0.25) is 0 Å². The molecule has 0 amide bonds. The molecule has 0 radical (unpaired) electrons. The van der Waals surface area contributed by atoms with Crippen LogP contribution in [0.4, 0.5) is 0 Å². The van der Waals surface area contributed by atoms with E-state index in [-0.39, 0.29) is 0 Å². The average molecular weight is 247 g/mol. The second-order valence-electron chi connectivity index (χ2n) is 4.91. The van der Waals surface area contributed by atoms with Crippen molar-refractivity contribution >= 4 is 0 Å². The number of aliphatic hydroxyl groups excluding tert-OH is 1. The highest BCUT2D eigenvalue weighted by atomic mass is 16.5. The average Bonchev–Trinajstić information content (AvgIpc) is 2.36. The van der Waals surface area contributed by atoms with Gasteiger partial charge in [-0.1, -0.05) is 17.6 Å². The molecule has 0 aromatic heterocycles. The van der Waals surface area contributed by atoms with Gasteiger partial charge in [0.1, 0.15) is 5.75 Å². The zero-order valence-corrected chi connectivity index (χ0v) is 11.4. The Kier molecular flexibility index (Phi) is 4.77. The van der Waals surface area contributed by atoms with Gasteiger partial charge in [-0.3, -0.25) is 5.32 Å². The number of hydrogen-bond donors (Lipinski definition) is 2. The first-order valence-corrected chi connectivity index (χ1v) is 5.95. The molecular weight excluding hydrogens is 226 g/mol. The first kappa shape index (κ1) is 14.6. The minimum absolute atomic E-state index is 0.386. The molecule has 3 heteroatoms. The van der Waals surface area contributed by atoms with Crippen molar-refractivity contribution in [1.29, 1.82) is 0 Å². The van der Waals surface area contributed by atoms with Crippen LogP contribution in [0.5, 0.6) is 5.75 Å². The number of ether oxygens (including phenoxy) is 1. The summed E-state index contributed by atoms with van der Waals surface area (Å²) in [5.74, 6) is 3.32. The number of aliphatic hydroxyl groups is 1. The van der Waals surface area contributed by atoms with Crippen LogP contribution in [0.3, 0.4) is 0 Å². The van der Waals surface area contributed by atoms with Crippen LogP contribution < -0.4 is 10.1 Å². The van der Waals surface area contributed by atoms with E-state index >= 15 is 0 Å². The third-order valence-electron chi connectivity index (χ3n) is 2.84. The van der Waals surface area contributed by atoms with Gasteiger partial charge in [0.15, 0.2) is 0 Å². The minimum Gasteiger partial charge on any atom is -0.496 e. The van der Waals surface area contributed by atoms with Gasteiger partial charge in [-0.25, -0.2) is 0 Å². The third kappa shape index (κ3) is 3.76. The van der Waals surface area contributed by atoms with E-state index in [0.717, 1.165) is 11.1 Å². The molecular formula is C15H21NO2. The van der Waals surface area contributed by atoms with Crippen LogP contribution >= 0.6 is 0 Å². The minimum atomic E-state index is -0.646. The van der Waals surface area contributed by atoms with Crippen molar-refractivity contribution in [1.82, 2.24) is 5.32 Å². The SMILES string of the molecule is C#CC(C)(C)NCC(O)c1cc(C)ccc1OC. The fourth-order valence-electron chi connectivity index (χ4n) is 1.63. The number of terminal acetylenes is 1. The molecule has 0 saturated carbocycles. The molecule has 0 aliphatic rings. The smallest absolute Gasteiger partial charge is 0.124 e. The van der Waals surface area contributed by atoms with Gasteiger partial charge in [-0.05, 0) is 32.9 Å². The van der Waals surface area contributed by atoms with Crippen molar-refractivity contribution in [3.8, 4) is 18.1 Å². The largest absolute Gasteiger partial charge is 0.496 e. The summed E-state index contributed by atoms with van der Waals surface area (Å²) in [6, 6.07) is 5.74. The predicted molar refractivity (Wildman–Crippen MR) is 73.6 cm³/mol. The lowest BCUT2D eigenvalue weighted by atomic mass is 10.0. The van der Waals surface area contributed by atoms with Crippen molar-refractivity contribution in [3.63, 3.8) is 0 Å².